The van der Waals surface area contributed by atoms with Gasteiger partial charge in [-0.05, 0) is 43.5 Å². The fraction of sp³-hybridized carbons (Fsp3) is 0.308. The summed E-state index contributed by atoms with van der Waals surface area (Å²) in [5.74, 6) is -0.833. The van der Waals surface area contributed by atoms with Crippen molar-refractivity contribution in [3.05, 3.63) is 64.6 Å². The van der Waals surface area contributed by atoms with Gasteiger partial charge >= 0.3 is 0 Å². The van der Waals surface area contributed by atoms with Crippen LogP contribution in [0.25, 0.3) is 5.57 Å². The maximum atomic E-state index is 13.6. The molecule has 1 saturated carbocycles. The molecule has 0 radical (unpaired) electrons. The maximum absolute atomic E-state index is 13.6. The van der Waals surface area contributed by atoms with Crippen LogP contribution in [-0.2, 0) is 14.4 Å². The number of thiocarbonyl (C=S) groups is 1. The summed E-state index contributed by atoms with van der Waals surface area (Å²) in [5.41, 5.74) is 3.35. The van der Waals surface area contributed by atoms with E-state index in [1.54, 1.807) is 4.90 Å². The van der Waals surface area contributed by atoms with Crippen molar-refractivity contribution in [3.8, 4) is 0 Å². The van der Waals surface area contributed by atoms with Gasteiger partial charge in [-0.25, -0.2) is 0 Å². The summed E-state index contributed by atoms with van der Waals surface area (Å²) >= 11 is 6.78. The molecule has 34 heavy (non-hydrogen) atoms. The number of rotatable bonds is 4. The Bertz CT molecular complexity index is 1230. The molecule has 0 atom stereocenters. The second kappa shape index (κ2) is 9.35. The summed E-state index contributed by atoms with van der Waals surface area (Å²) in [6.07, 6.45) is 5.21. The Hall–Kier alpha value is -2.97. The van der Waals surface area contributed by atoms with Crippen molar-refractivity contribution in [1.82, 2.24) is 4.90 Å². The van der Waals surface area contributed by atoms with Crippen LogP contribution in [0.2, 0.25) is 0 Å². The Balaban J connectivity index is 1.44. The molecular weight excluding hydrogens is 466 g/mol. The third-order valence-corrected chi connectivity index (χ3v) is 7.89. The van der Waals surface area contributed by atoms with Gasteiger partial charge in [-0.1, -0.05) is 73.6 Å². The maximum Gasteiger partial charge on any atom is 0.267 e. The van der Waals surface area contributed by atoms with E-state index in [0.29, 0.717) is 31.7 Å². The van der Waals surface area contributed by atoms with E-state index in [4.69, 9.17) is 12.2 Å². The normalized spacial score (nSPS) is 20.8. The predicted molar refractivity (Wildman–Crippen MR) is 139 cm³/mol. The van der Waals surface area contributed by atoms with Gasteiger partial charge < -0.3 is 5.32 Å². The Morgan fingerprint density at radius 1 is 1.06 bits per heavy atom. The predicted octanol–water partition coefficient (Wildman–Crippen LogP) is 4.88. The average Bonchev–Trinajstić information content (AvgIpc) is 3.26. The molecule has 0 aromatic heterocycles. The highest BCUT2D eigenvalue weighted by Crippen LogP contribution is 2.45. The molecule has 3 amide bonds. The lowest BCUT2D eigenvalue weighted by molar-refractivity contribution is -0.124. The molecule has 0 bridgehead atoms. The number of nitrogens with one attached hydrogen (secondary N) is 1. The highest BCUT2D eigenvalue weighted by atomic mass is 32.2. The van der Waals surface area contributed by atoms with Crippen LogP contribution >= 0.6 is 24.0 Å². The molecule has 2 fully saturated rings. The standard InChI is InChI=1S/C26H25N3O3S2/c1-16-8-7-9-17(14-16)27-21(30)15-28-20-13-6-5-12-19(20)22(24(28)31)23-25(32)29(26(33)34-23)18-10-3-2-4-11-18/h5-9,12-14,18H,2-4,10-11,15H2,1H3,(H,27,30)/b23-22-. The van der Waals surface area contributed by atoms with E-state index in [-0.39, 0.29) is 30.3 Å². The first-order valence-corrected chi connectivity index (χ1v) is 12.7. The van der Waals surface area contributed by atoms with Crippen molar-refractivity contribution in [2.45, 2.75) is 45.1 Å². The van der Waals surface area contributed by atoms with E-state index in [0.717, 1.165) is 31.2 Å². The lowest BCUT2D eigenvalue weighted by Crippen LogP contribution is -2.40. The Morgan fingerprint density at radius 2 is 1.82 bits per heavy atom. The summed E-state index contributed by atoms with van der Waals surface area (Å²) in [6, 6.07) is 14.9. The molecule has 8 heteroatoms. The lowest BCUT2D eigenvalue weighted by atomic mass is 9.94. The number of amides is 3. The van der Waals surface area contributed by atoms with Crippen molar-refractivity contribution in [2.24, 2.45) is 0 Å². The first-order valence-electron chi connectivity index (χ1n) is 11.5. The van der Waals surface area contributed by atoms with E-state index >= 15 is 0 Å². The van der Waals surface area contributed by atoms with Crippen LogP contribution < -0.4 is 10.2 Å². The minimum atomic E-state index is -0.343. The van der Waals surface area contributed by atoms with Crippen molar-refractivity contribution in [1.29, 1.82) is 0 Å². The largest absolute Gasteiger partial charge is 0.325 e. The number of carbonyl (C=O) groups excluding carboxylic acids is 3. The summed E-state index contributed by atoms with van der Waals surface area (Å²) in [5, 5.41) is 2.86. The van der Waals surface area contributed by atoms with E-state index in [2.05, 4.69) is 5.32 Å². The van der Waals surface area contributed by atoms with Crippen molar-refractivity contribution in [3.63, 3.8) is 0 Å². The molecule has 5 rings (SSSR count). The highest BCUT2D eigenvalue weighted by Gasteiger charge is 2.44. The monoisotopic (exact) mass is 491 g/mol. The molecule has 1 aliphatic carbocycles. The molecular formula is C26H25N3O3S2. The number of nitrogens with zero attached hydrogens (tertiary/aromatic N) is 2. The number of para-hydroxylation sites is 1. The summed E-state index contributed by atoms with van der Waals surface area (Å²) < 4.78 is 0.514. The summed E-state index contributed by atoms with van der Waals surface area (Å²) in [7, 11) is 0. The fourth-order valence-electron chi connectivity index (χ4n) is 4.91. The number of benzene rings is 2. The van der Waals surface area contributed by atoms with Crippen LogP contribution in [-0.4, -0.2) is 39.5 Å². The molecule has 2 aromatic carbocycles. The fourth-order valence-corrected chi connectivity index (χ4v) is 6.38. The minimum absolute atomic E-state index is 0.0994. The summed E-state index contributed by atoms with van der Waals surface area (Å²) in [6.45, 7) is 1.81. The van der Waals surface area contributed by atoms with Crippen LogP contribution in [0.15, 0.2) is 53.4 Å². The minimum Gasteiger partial charge on any atom is -0.325 e. The van der Waals surface area contributed by atoms with E-state index in [1.807, 2.05) is 55.5 Å². The van der Waals surface area contributed by atoms with Gasteiger partial charge in [0, 0.05) is 17.3 Å². The molecule has 1 N–H and O–H groups in total. The zero-order valence-electron chi connectivity index (χ0n) is 18.9. The number of hydrogen-bond acceptors (Lipinski definition) is 5. The molecule has 6 nitrogen and oxygen atoms in total. The van der Waals surface area contributed by atoms with Gasteiger partial charge in [-0.3, -0.25) is 24.2 Å². The van der Waals surface area contributed by atoms with E-state index < -0.39 is 0 Å². The quantitative estimate of drug-likeness (QED) is 0.487. The van der Waals surface area contributed by atoms with Crippen LogP contribution in [0.3, 0.4) is 0 Å². The SMILES string of the molecule is Cc1cccc(NC(=O)CN2C(=O)/C(=C3\SC(=S)N(C4CCCCC4)C3=O)c3ccccc32)c1. The number of fused-ring (bicyclic) bond motifs is 1. The average molecular weight is 492 g/mol. The molecule has 174 valence electrons. The molecule has 3 aliphatic rings. The molecule has 0 spiro atoms. The topological polar surface area (TPSA) is 69.7 Å². The first-order chi connectivity index (χ1) is 16.4. The lowest BCUT2D eigenvalue weighted by Gasteiger charge is -2.29. The highest BCUT2D eigenvalue weighted by molar-refractivity contribution is 8.26. The molecule has 0 unspecified atom stereocenters. The van der Waals surface area contributed by atoms with Gasteiger partial charge in [-0.2, -0.15) is 0 Å². The van der Waals surface area contributed by atoms with Gasteiger partial charge in [0.15, 0.2) is 0 Å². The Morgan fingerprint density at radius 3 is 2.59 bits per heavy atom. The van der Waals surface area contributed by atoms with E-state index in [1.165, 1.54) is 23.1 Å². The third-order valence-electron chi connectivity index (χ3n) is 6.49. The van der Waals surface area contributed by atoms with Gasteiger partial charge in [-0.15, -0.1) is 0 Å². The van der Waals surface area contributed by atoms with E-state index in [9.17, 15) is 14.4 Å². The summed E-state index contributed by atoms with van der Waals surface area (Å²) in [4.78, 5) is 43.4. The van der Waals surface area contributed by atoms with Gasteiger partial charge in [0.1, 0.15) is 10.9 Å². The Kier molecular flexibility index (Phi) is 6.27. The zero-order chi connectivity index (χ0) is 23.8. The van der Waals surface area contributed by atoms with Crippen LogP contribution in [0, 0.1) is 6.92 Å². The van der Waals surface area contributed by atoms with Crippen LogP contribution in [0.4, 0.5) is 11.4 Å². The van der Waals surface area contributed by atoms with Crippen LogP contribution in [0.5, 0.6) is 0 Å². The Labute approximate surface area is 208 Å². The third kappa shape index (κ3) is 4.16. The number of anilines is 2. The molecule has 1 saturated heterocycles. The second-order valence-corrected chi connectivity index (χ2v) is 10.5. The smallest absolute Gasteiger partial charge is 0.267 e. The molecule has 2 heterocycles. The number of aryl methyl sites for hydroxylation is 1. The first kappa shape index (κ1) is 22.8. The number of hydrogen-bond donors (Lipinski definition) is 1. The van der Waals surface area contributed by atoms with Gasteiger partial charge in [0.2, 0.25) is 5.91 Å². The van der Waals surface area contributed by atoms with Gasteiger partial charge in [0.25, 0.3) is 11.8 Å². The number of carbonyl (C=O) groups is 3. The second-order valence-electron chi connectivity index (χ2n) is 8.87. The van der Waals surface area contributed by atoms with Crippen molar-refractivity contribution >= 4 is 63.0 Å². The van der Waals surface area contributed by atoms with Crippen molar-refractivity contribution < 1.29 is 14.4 Å². The zero-order valence-corrected chi connectivity index (χ0v) is 20.5. The molecule has 2 aromatic rings. The molecule has 2 aliphatic heterocycles. The van der Waals surface area contributed by atoms with Gasteiger partial charge in [0.05, 0.1) is 16.2 Å². The number of thioether (sulfide) groups is 1. The van der Waals surface area contributed by atoms with Crippen LogP contribution in [0.1, 0.15) is 43.2 Å². The van der Waals surface area contributed by atoms with Crippen molar-refractivity contribution in [2.75, 3.05) is 16.8 Å².